The van der Waals surface area contributed by atoms with Gasteiger partial charge in [0.15, 0.2) is 28.8 Å². The maximum atomic E-state index is 12.6. The van der Waals surface area contributed by atoms with Gasteiger partial charge in [0.05, 0.1) is 13.2 Å². The molecule has 0 rings (SSSR count). The van der Waals surface area contributed by atoms with Crippen molar-refractivity contribution in [3.63, 3.8) is 0 Å². The van der Waals surface area contributed by atoms with E-state index in [0.717, 1.165) is 0 Å². The average Bonchev–Trinajstić information content (AvgIpc) is 2.49. The molecule has 154 valence electrons. The summed E-state index contributed by atoms with van der Waals surface area (Å²) in [6, 6.07) is 0. The van der Waals surface area contributed by atoms with E-state index in [4.69, 9.17) is 27.8 Å². The molecule has 0 fully saturated rings. The van der Waals surface area contributed by atoms with Crippen molar-refractivity contribution in [1.82, 2.24) is 0 Å². The molecular formula is C16H34O8Si2. The lowest BCUT2D eigenvalue weighted by Gasteiger charge is -2.33. The van der Waals surface area contributed by atoms with E-state index in [1.807, 2.05) is 39.3 Å². The molecule has 0 aliphatic rings. The van der Waals surface area contributed by atoms with Gasteiger partial charge in [-0.3, -0.25) is 0 Å². The molecule has 0 aromatic rings. The van der Waals surface area contributed by atoms with Gasteiger partial charge in [-0.1, -0.05) is 0 Å². The lowest BCUT2D eigenvalue weighted by molar-refractivity contribution is -0.171. The lowest BCUT2D eigenvalue weighted by Crippen LogP contribution is -2.53. The summed E-state index contributed by atoms with van der Waals surface area (Å²) >= 11 is 0. The Kier molecular flexibility index (Phi) is 11.5. The number of hydrogen-bond donors (Lipinski definition) is 0. The van der Waals surface area contributed by atoms with Gasteiger partial charge in [0, 0.05) is 14.2 Å². The van der Waals surface area contributed by atoms with Crippen LogP contribution in [-0.2, 0) is 37.4 Å². The Labute approximate surface area is 158 Å². The molecule has 0 aromatic heterocycles. The van der Waals surface area contributed by atoms with Crippen LogP contribution in [0.5, 0.6) is 0 Å². The van der Waals surface area contributed by atoms with E-state index >= 15 is 0 Å². The summed E-state index contributed by atoms with van der Waals surface area (Å²) in [5.41, 5.74) is 0. The second kappa shape index (κ2) is 11.8. The average molecular weight is 411 g/mol. The van der Waals surface area contributed by atoms with E-state index in [-0.39, 0.29) is 26.4 Å². The summed E-state index contributed by atoms with van der Waals surface area (Å²) in [7, 11) is -1.35. The summed E-state index contributed by atoms with van der Waals surface area (Å²) < 4.78 is 32.1. The molecule has 2 unspecified atom stereocenters. The molecule has 26 heavy (non-hydrogen) atoms. The van der Waals surface area contributed by atoms with E-state index in [1.54, 1.807) is 0 Å². The highest BCUT2D eigenvalue weighted by Gasteiger charge is 2.43. The van der Waals surface area contributed by atoms with E-state index in [0.29, 0.717) is 0 Å². The van der Waals surface area contributed by atoms with Crippen LogP contribution in [0, 0.1) is 0 Å². The number of esters is 2. The number of hydrogen-bond acceptors (Lipinski definition) is 8. The van der Waals surface area contributed by atoms with Crippen LogP contribution in [0.4, 0.5) is 0 Å². The molecule has 0 N–H and O–H groups in total. The maximum Gasteiger partial charge on any atom is 0.337 e. The van der Waals surface area contributed by atoms with Gasteiger partial charge in [0.1, 0.15) is 13.2 Å². The quantitative estimate of drug-likeness (QED) is 0.258. The van der Waals surface area contributed by atoms with Gasteiger partial charge in [-0.2, -0.15) is 0 Å². The van der Waals surface area contributed by atoms with E-state index < -0.39 is 40.8 Å². The molecule has 0 saturated heterocycles. The molecule has 0 aliphatic heterocycles. The van der Waals surface area contributed by atoms with Gasteiger partial charge < -0.3 is 27.8 Å². The fourth-order valence-electron chi connectivity index (χ4n) is 1.84. The van der Waals surface area contributed by atoms with E-state index in [9.17, 15) is 9.59 Å². The Hall–Kier alpha value is -0.786. The molecule has 0 radical (unpaired) electrons. The zero-order valence-corrected chi connectivity index (χ0v) is 19.2. The van der Waals surface area contributed by atoms with Crippen molar-refractivity contribution in [2.45, 2.75) is 51.5 Å². The standard InChI is InChI=1S/C16H34O8Si2/c1-19-9-11-21-15(17)13(23-25(3,4)5)14(24-26(6,7)8)16(18)22-12-10-20-2/h13-14H,9-12H2,1-8H3. The molecule has 0 aliphatic carbocycles. The monoisotopic (exact) mass is 410 g/mol. The molecule has 0 saturated carbocycles. The second-order valence-electron chi connectivity index (χ2n) is 7.62. The van der Waals surface area contributed by atoms with Crippen molar-refractivity contribution in [1.29, 1.82) is 0 Å². The topological polar surface area (TPSA) is 89.5 Å². The first-order valence-corrected chi connectivity index (χ1v) is 15.4. The molecule has 10 heteroatoms. The van der Waals surface area contributed by atoms with Crippen LogP contribution in [0.2, 0.25) is 39.3 Å². The predicted octanol–water partition coefficient (Wildman–Crippen LogP) is 1.81. The third-order valence-corrected chi connectivity index (χ3v) is 4.69. The zero-order chi connectivity index (χ0) is 20.4. The molecule has 0 aromatic carbocycles. The molecule has 0 bridgehead atoms. The molecule has 0 heterocycles. The first-order valence-electron chi connectivity index (χ1n) is 8.58. The summed E-state index contributed by atoms with van der Waals surface area (Å²) in [6.07, 6.45) is -2.36. The van der Waals surface area contributed by atoms with Crippen molar-refractivity contribution in [2.75, 3.05) is 40.6 Å². The smallest absolute Gasteiger partial charge is 0.337 e. The van der Waals surface area contributed by atoms with Crippen molar-refractivity contribution in [3.05, 3.63) is 0 Å². The Morgan fingerprint density at radius 2 is 0.962 bits per heavy atom. The fraction of sp³-hybridized carbons (Fsp3) is 0.875. The number of rotatable bonds is 13. The third kappa shape index (κ3) is 11.8. The van der Waals surface area contributed by atoms with Crippen molar-refractivity contribution < 1.29 is 37.4 Å². The van der Waals surface area contributed by atoms with Crippen molar-refractivity contribution in [2.24, 2.45) is 0 Å². The molecule has 2 atom stereocenters. The van der Waals surface area contributed by atoms with Crippen LogP contribution in [0.1, 0.15) is 0 Å². The Morgan fingerprint density at radius 1 is 0.654 bits per heavy atom. The Balaban J connectivity index is 5.45. The van der Waals surface area contributed by atoms with Crippen LogP contribution in [0.25, 0.3) is 0 Å². The maximum absolute atomic E-state index is 12.6. The largest absolute Gasteiger partial charge is 0.461 e. The minimum atomic E-state index is -2.18. The van der Waals surface area contributed by atoms with Gasteiger partial charge in [0.25, 0.3) is 0 Å². The summed E-state index contributed by atoms with van der Waals surface area (Å²) in [6.45, 7) is 12.2. The van der Waals surface area contributed by atoms with E-state index in [1.165, 1.54) is 14.2 Å². The molecule has 8 nitrogen and oxygen atoms in total. The van der Waals surface area contributed by atoms with Crippen LogP contribution >= 0.6 is 0 Å². The third-order valence-electron chi connectivity index (χ3n) is 2.76. The summed E-state index contributed by atoms with van der Waals surface area (Å²) in [5, 5.41) is 0. The first-order chi connectivity index (χ1) is 11.9. The number of carbonyl (C=O) groups is 2. The Morgan fingerprint density at radius 3 is 1.19 bits per heavy atom. The van der Waals surface area contributed by atoms with Crippen molar-refractivity contribution in [3.8, 4) is 0 Å². The van der Waals surface area contributed by atoms with Crippen LogP contribution in [0.3, 0.4) is 0 Å². The number of ether oxygens (including phenoxy) is 4. The minimum Gasteiger partial charge on any atom is -0.461 e. The van der Waals surface area contributed by atoms with Gasteiger partial charge in [-0.05, 0) is 39.3 Å². The highest BCUT2D eigenvalue weighted by atomic mass is 28.4. The first kappa shape index (κ1) is 25.2. The summed E-state index contributed by atoms with van der Waals surface area (Å²) in [4.78, 5) is 25.2. The van der Waals surface area contributed by atoms with Crippen LogP contribution in [0.15, 0.2) is 0 Å². The fourth-order valence-corrected chi connectivity index (χ4v) is 3.81. The second-order valence-corrected chi connectivity index (χ2v) is 16.5. The normalized spacial score (nSPS) is 14.6. The molecular weight excluding hydrogens is 376 g/mol. The Bertz CT molecular complexity index is 391. The number of methoxy groups -OCH3 is 2. The highest BCUT2D eigenvalue weighted by Crippen LogP contribution is 2.19. The number of carbonyl (C=O) groups excluding carboxylic acids is 2. The SMILES string of the molecule is COCCOC(=O)C(O[Si](C)(C)C)C(O[Si](C)(C)C)C(=O)OCCOC. The van der Waals surface area contributed by atoms with Crippen LogP contribution in [-0.4, -0.2) is 81.4 Å². The van der Waals surface area contributed by atoms with E-state index in [2.05, 4.69) is 0 Å². The molecule has 0 amide bonds. The highest BCUT2D eigenvalue weighted by molar-refractivity contribution is 6.70. The van der Waals surface area contributed by atoms with Crippen molar-refractivity contribution >= 4 is 28.6 Å². The molecule has 0 spiro atoms. The lowest BCUT2D eigenvalue weighted by atomic mass is 10.2. The van der Waals surface area contributed by atoms with Gasteiger partial charge in [-0.15, -0.1) is 0 Å². The van der Waals surface area contributed by atoms with Crippen LogP contribution < -0.4 is 0 Å². The minimum absolute atomic E-state index is 0.0687. The van der Waals surface area contributed by atoms with Gasteiger partial charge in [0.2, 0.25) is 0 Å². The van der Waals surface area contributed by atoms with Gasteiger partial charge in [-0.25, -0.2) is 9.59 Å². The zero-order valence-electron chi connectivity index (χ0n) is 17.2. The summed E-state index contributed by atoms with van der Waals surface area (Å²) in [5.74, 6) is -1.31. The predicted molar refractivity (Wildman–Crippen MR) is 102 cm³/mol. The van der Waals surface area contributed by atoms with Gasteiger partial charge >= 0.3 is 11.9 Å².